The summed E-state index contributed by atoms with van der Waals surface area (Å²) in [4.78, 5) is 12.8. The molecule has 0 fully saturated rings. The molecule has 2 N–H and O–H groups in total. The molecule has 0 saturated carbocycles. The average Bonchev–Trinajstić information content (AvgIpc) is 3.00. The van der Waals surface area contributed by atoms with Gasteiger partial charge in [-0.15, -0.1) is 11.3 Å². The number of nitrogens with one attached hydrogen (secondary N) is 1. The van der Waals surface area contributed by atoms with E-state index in [0.717, 1.165) is 10.4 Å². The average molecular weight is 291 g/mol. The molecule has 2 rings (SSSR count). The largest absolute Gasteiger partial charge is 0.445 e. The lowest BCUT2D eigenvalue weighted by molar-refractivity contribution is 0.133. The molecule has 0 radical (unpaired) electrons. The number of thiophene rings is 1. The third-order valence-corrected chi connectivity index (χ3v) is 3.80. The summed E-state index contributed by atoms with van der Waals surface area (Å²) < 4.78 is 5.18. The van der Waals surface area contributed by atoms with Crippen molar-refractivity contribution >= 4 is 17.4 Å². The Kier molecular flexibility index (Phi) is 5.58. The molecule has 20 heavy (non-hydrogen) atoms. The van der Waals surface area contributed by atoms with Gasteiger partial charge in [0.2, 0.25) is 0 Å². The van der Waals surface area contributed by atoms with E-state index in [0.29, 0.717) is 6.42 Å². The van der Waals surface area contributed by atoms with Crippen molar-refractivity contribution in [2.45, 2.75) is 19.1 Å². The van der Waals surface area contributed by atoms with E-state index >= 15 is 0 Å². The molecule has 0 bridgehead atoms. The third-order valence-electron chi connectivity index (χ3n) is 2.81. The van der Waals surface area contributed by atoms with E-state index in [2.05, 4.69) is 5.32 Å². The van der Waals surface area contributed by atoms with Crippen molar-refractivity contribution in [1.82, 2.24) is 5.32 Å². The standard InChI is InChI=1S/C15H17NO3S/c17-9-8-13(14-7-4-10-20-14)16-15(18)19-11-12-5-2-1-3-6-12/h1-7,10,13,17H,8-9,11H2,(H,16,18). The summed E-state index contributed by atoms with van der Waals surface area (Å²) in [5, 5.41) is 13.8. The lowest BCUT2D eigenvalue weighted by atomic mass is 10.2. The first kappa shape index (κ1) is 14.6. The number of amides is 1. The topological polar surface area (TPSA) is 58.6 Å². The number of hydrogen-bond acceptors (Lipinski definition) is 4. The van der Waals surface area contributed by atoms with Gasteiger partial charge in [0.05, 0.1) is 6.04 Å². The van der Waals surface area contributed by atoms with E-state index in [4.69, 9.17) is 9.84 Å². The number of ether oxygens (including phenoxy) is 1. The van der Waals surface area contributed by atoms with Gasteiger partial charge in [-0.2, -0.15) is 0 Å². The second-order valence-electron chi connectivity index (χ2n) is 4.29. The van der Waals surface area contributed by atoms with Crippen LogP contribution in [0.5, 0.6) is 0 Å². The van der Waals surface area contributed by atoms with Gasteiger partial charge in [0, 0.05) is 11.5 Å². The monoisotopic (exact) mass is 291 g/mol. The molecule has 0 spiro atoms. The third kappa shape index (κ3) is 4.36. The molecule has 1 aromatic carbocycles. The maximum atomic E-state index is 11.8. The maximum absolute atomic E-state index is 11.8. The van der Waals surface area contributed by atoms with Gasteiger partial charge < -0.3 is 15.2 Å². The summed E-state index contributed by atoms with van der Waals surface area (Å²) in [5.41, 5.74) is 0.942. The first-order chi connectivity index (χ1) is 9.79. The number of benzene rings is 1. The fourth-order valence-electron chi connectivity index (χ4n) is 1.81. The van der Waals surface area contributed by atoms with Crippen LogP contribution in [0.3, 0.4) is 0 Å². The Morgan fingerprint density at radius 3 is 2.70 bits per heavy atom. The van der Waals surface area contributed by atoms with E-state index in [-0.39, 0.29) is 19.3 Å². The number of rotatable bonds is 6. The SMILES string of the molecule is O=C(NC(CCO)c1cccs1)OCc1ccccc1. The van der Waals surface area contributed by atoms with Crippen LogP contribution in [0.1, 0.15) is 22.9 Å². The van der Waals surface area contributed by atoms with Crippen LogP contribution in [-0.4, -0.2) is 17.8 Å². The predicted octanol–water partition coefficient (Wildman–Crippen LogP) is 3.10. The first-order valence-corrected chi connectivity index (χ1v) is 7.29. The van der Waals surface area contributed by atoms with Crippen LogP contribution in [0.4, 0.5) is 4.79 Å². The van der Waals surface area contributed by atoms with Crippen LogP contribution in [0.15, 0.2) is 47.8 Å². The van der Waals surface area contributed by atoms with Gasteiger partial charge in [0.1, 0.15) is 6.61 Å². The van der Waals surface area contributed by atoms with E-state index in [1.165, 1.54) is 0 Å². The summed E-state index contributed by atoms with van der Waals surface area (Å²) in [6, 6.07) is 13.2. The van der Waals surface area contributed by atoms with Gasteiger partial charge in [-0.1, -0.05) is 36.4 Å². The van der Waals surface area contributed by atoms with E-state index in [1.807, 2.05) is 47.8 Å². The number of carbonyl (C=O) groups excluding carboxylic acids is 1. The minimum absolute atomic E-state index is 0.0154. The molecule has 5 heteroatoms. The zero-order valence-electron chi connectivity index (χ0n) is 11.0. The molecule has 1 aromatic heterocycles. The van der Waals surface area contributed by atoms with Gasteiger partial charge in [-0.25, -0.2) is 4.79 Å². The zero-order chi connectivity index (χ0) is 14.2. The van der Waals surface area contributed by atoms with Crippen LogP contribution < -0.4 is 5.32 Å². The van der Waals surface area contributed by atoms with Crippen molar-refractivity contribution in [3.63, 3.8) is 0 Å². The number of hydrogen-bond donors (Lipinski definition) is 2. The number of aliphatic hydroxyl groups excluding tert-OH is 1. The van der Waals surface area contributed by atoms with Crippen molar-refractivity contribution in [3.05, 3.63) is 58.3 Å². The summed E-state index contributed by atoms with van der Waals surface area (Å²) in [6.07, 6.45) is 0.00159. The highest BCUT2D eigenvalue weighted by molar-refractivity contribution is 7.10. The molecule has 2 aromatic rings. The predicted molar refractivity (Wildman–Crippen MR) is 78.5 cm³/mol. The Morgan fingerprint density at radius 2 is 2.05 bits per heavy atom. The molecule has 0 aliphatic carbocycles. The second kappa shape index (κ2) is 7.67. The van der Waals surface area contributed by atoms with Gasteiger partial charge in [-0.05, 0) is 23.4 Å². The summed E-state index contributed by atoms with van der Waals surface area (Å²) in [5.74, 6) is 0. The molecule has 0 aliphatic rings. The lowest BCUT2D eigenvalue weighted by Crippen LogP contribution is -2.29. The molecular formula is C15H17NO3S. The van der Waals surface area contributed by atoms with E-state index < -0.39 is 6.09 Å². The number of aliphatic hydroxyl groups is 1. The number of carbonyl (C=O) groups is 1. The molecule has 1 amide bonds. The summed E-state index contributed by atoms with van der Waals surface area (Å²) >= 11 is 1.55. The fraction of sp³-hybridized carbons (Fsp3) is 0.267. The van der Waals surface area contributed by atoms with Crippen molar-refractivity contribution in [2.24, 2.45) is 0 Å². The van der Waals surface area contributed by atoms with E-state index in [1.54, 1.807) is 11.3 Å². The molecule has 4 nitrogen and oxygen atoms in total. The van der Waals surface area contributed by atoms with Crippen LogP contribution >= 0.6 is 11.3 Å². The molecule has 1 atom stereocenters. The quantitative estimate of drug-likeness (QED) is 0.860. The molecule has 1 heterocycles. The van der Waals surface area contributed by atoms with Crippen LogP contribution in [0.25, 0.3) is 0 Å². The highest BCUT2D eigenvalue weighted by Gasteiger charge is 2.15. The Hall–Kier alpha value is -1.85. The highest BCUT2D eigenvalue weighted by Crippen LogP contribution is 2.21. The second-order valence-corrected chi connectivity index (χ2v) is 5.27. The summed E-state index contributed by atoms with van der Waals surface area (Å²) in [7, 11) is 0. The van der Waals surface area contributed by atoms with E-state index in [9.17, 15) is 4.79 Å². The van der Waals surface area contributed by atoms with Crippen molar-refractivity contribution in [2.75, 3.05) is 6.61 Å². The Bertz CT molecular complexity index is 513. The van der Waals surface area contributed by atoms with Crippen LogP contribution in [0, 0.1) is 0 Å². The minimum atomic E-state index is -0.472. The van der Waals surface area contributed by atoms with Crippen LogP contribution in [-0.2, 0) is 11.3 Å². The normalized spacial score (nSPS) is 11.8. The Morgan fingerprint density at radius 1 is 1.25 bits per heavy atom. The van der Waals surface area contributed by atoms with Crippen molar-refractivity contribution in [1.29, 1.82) is 0 Å². The molecule has 0 aliphatic heterocycles. The van der Waals surface area contributed by atoms with Crippen LogP contribution in [0.2, 0.25) is 0 Å². The first-order valence-electron chi connectivity index (χ1n) is 6.41. The molecule has 0 saturated heterocycles. The van der Waals surface area contributed by atoms with Gasteiger partial charge in [0.25, 0.3) is 0 Å². The van der Waals surface area contributed by atoms with Crippen molar-refractivity contribution < 1.29 is 14.6 Å². The summed E-state index contributed by atoms with van der Waals surface area (Å²) in [6.45, 7) is 0.254. The molecular weight excluding hydrogens is 274 g/mol. The maximum Gasteiger partial charge on any atom is 0.407 e. The zero-order valence-corrected chi connectivity index (χ0v) is 11.8. The van der Waals surface area contributed by atoms with Crippen molar-refractivity contribution in [3.8, 4) is 0 Å². The fourth-order valence-corrected chi connectivity index (χ4v) is 2.62. The van der Waals surface area contributed by atoms with Gasteiger partial charge in [0.15, 0.2) is 0 Å². The molecule has 106 valence electrons. The number of alkyl carbamates (subject to hydrolysis) is 1. The highest BCUT2D eigenvalue weighted by atomic mass is 32.1. The Balaban J connectivity index is 1.86. The van der Waals surface area contributed by atoms with Gasteiger partial charge in [-0.3, -0.25) is 0 Å². The molecule has 1 unspecified atom stereocenters. The minimum Gasteiger partial charge on any atom is -0.445 e. The smallest absolute Gasteiger partial charge is 0.407 e. The van der Waals surface area contributed by atoms with Gasteiger partial charge >= 0.3 is 6.09 Å². The lowest BCUT2D eigenvalue weighted by Gasteiger charge is -2.16. The Labute approximate surface area is 122 Å².